The number of hydrogen-bond donors (Lipinski definition) is 2. The van der Waals surface area contributed by atoms with E-state index in [-0.39, 0.29) is 29.2 Å². The molecule has 168 valence electrons. The molecule has 0 bridgehead atoms. The highest BCUT2D eigenvalue weighted by molar-refractivity contribution is 9.10. The number of carbonyl (C=O) groups excluding carboxylic acids is 3. The number of anilines is 2. The number of allylic oxidation sites excluding steroid dienone is 1. The van der Waals surface area contributed by atoms with Crippen molar-refractivity contribution in [2.75, 3.05) is 17.3 Å². The van der Waals surface area contributed by atoms with Gasteiger partial charge in [-0.1, -0.05) is 33.6 Å². The van der Waals surface area contributed by atoms with Gasteiger partial charge in [0.2, 0.25) is 5.91 Å². The molecule has 2 heterocycles. The summed E-state index contributed by atoms with van der Waals surface area (Å²) in [5, 5.41) is 3.32. The summed E-state index contributed by atoms with van der Waals surface area (Å²) < 4.78 is 5.81. The lowest BCUT2D eigenvalue weighted by Crippen LogP contribution is -2.53. The molecule has 1 aliphatic carbocycles. The standard InChI is InChI=1S/C24H19BrClN3O4/c1-33-22(31)20-21(27)29(14-5-2-4-13(26)11-14)17-6-3-7-18(30)19(17)24(20)15-10-12(25)8-9-16(15)28-23(24)32/h2,4-5,8-11H,3,6-7,27H2,1H3,(H,28,32). The quantitative estimate of drug-likeness (QED) is 0.568. The highest BCUT2D eigenvalue weighted by Gasteiger charge is 2.62. The molecule has 3 N–H and O–H groups in total. The highest BCUT2D eigenvalue weighted by Crippen LogP contribution is 2.56. The Morgan fingerprint density at radius 2 is 2.00 bits per heavy atom. The largest absolute Gasteiger partial charge is 0.466 e. The van der Waals surface area contributed by atoms with Crippen LogP contribution in [0.1, 0.15) is 24.8 Å². The number of amides is 1. The Balaban J connectivity index is 1.92. The number of ketones is 1. The van der Waals surface area contributed by atoms with Gasteiger partial charge in [-0.3, -0.25) is 14.5 Å². The van der Waals surface area contributed by atoms with E-state index < -0.39 is 17.3 Å². The number of benzene rings is 2. The van der Waals surface area contributed by atoms with Crippen LogP contribution >= 0.6 is 27.5 Å². The van der Waals surface area contributed by atoms with Crippen LogP contribution in [0.2, 0.25) is 5.02 Å². The SMILES string of the molecule is COC(=O)C1=C(N)N(c2cccc(Cl)c2)C2=C(C(=O)CCC2)C12C(=O)Nc1ccc(Br)cc12. The molecule has 33 heavy (non-hydrogen) atoms. The van der Waals surface area contributed by atoms with Gasteiger partial charge in [-0.2, -0.15) is 0 Å². The maximum Gasteiger partial charge on any atom is 0.339 e. The van der Waals surface area contributed by atoms with Crippen molar-refractivity contribution < 1.29 is 19.1 Å². The van der Waals surface area contributed by atoms with Crippen LogP contribution in [0, 0.1) is 0 Å². The summed E-state index contributed by atoms with van der Waals surface area (Å²) in [6.45, 7) is 0. The number of nitrogens with two attached hydrogens (primary N) is 1. The number of halogens is 2. The molecule has 0 radical (unpaired) electrons. The molecule has 3 aliphatic rings. The fourth-order valence-corrected chi connectivity index (χ4v) is 5.64. The van der Waals surface area contributed by atoms with Crippen LogP contribution in [-0.4, -0.2) is 24.8 Å². The Kier molecular flexibility index (Phi) is 5.10. The number of rotatable bonds is 2. The van der Waals surface area contributed by atoms with Gasteiger partial charge >= 0.3 is 5.97 Å². The number of carbonyl (C=O) groups is 3. The minimum atomic E-state index is -1.71. The van der Waals surface area contributed by atoms with Crippen LogP contribution in [0.15, 0.2) is 69.6 Å². The van der Waals surface area contributed by atoms with Crippen molar-refractivity contribution in [3.05, 3.63) is 80.2 Å². The third kappa shape index (κ3) is 2.97. The summed E-state index contributed by atoms with van der Waals surface area (Å²) in [6.07, 6.45) is 1.36. The lowest BCUT2D eigenvalue weighted by Gasteiger charge is -2.44. The Hall–Kier alpha value is -3.10. The molecule has 2 aliphatic heterocycles. The van der Waals surface area contributed by atoms with E-state index in [2.05, 4.69) is 21.2 Å². The van der Waals surface area contributed by atoms with E-state index in [4.69, 9.17) is 22.1 Å². The summed E-state index contributed by atoms with van der Waals surface area (Å²) in [7, 11) is 1.22. The molecule has 5 rings (SSSR count). The number of Topliss-reactive ketones (excluding diaryl/α,β-unsaturated/α-hetero) is 1. The normalized spacial score (nSPS) is 21.8. The van der Waals surface area contributed by atoms with Crippen molar-refractivity contribution in [1.29, 1.82) is 0 Å². The predicted molar refractivity (Wildman–Crippen MR) is 127 cm³/mol. The second-order valence-electron chi connectivity index (χ2n) is 8.06. The Morgan fingerprint density at radius 3 is 2.73 bits per heavy atom. The number of nitrogens with one attached hydrogen (secondary N) is 1. The number of methoxy groups -OCH3 is 1. The van der Waals surface area contributed by atoms with Crippen LogP contribution < -0.4 is 16.0 Å². The van der Waals surface area contributed by atoms with E-state index in [1.165, 1.54) is 7.11 Å². The second kappa shape index (κ2) is 7.74. The van der Waals surface area contributed by atoms with Crippen molar-refractivity contribution in [2.45, 2.75) is 24.7 Å². The van der Waals surface area contributed by atoms with E-state index in [9.17, 15) is 14.4 Å². The lowest BCUT2D eigenvalue weighted by atomic mass is 9.63. The van der Waals surface area contributed by atoms with E-state index >= 15 is 0 Å². The molecular formula is C24H19BrClN3O4. The van der Waals surface area contributed by atoms with Gasteiger partial charge in [0.25, 0.3) is 0 Å². The van der Waals surface area contributed by atoms with Gasteiger partial charge in [0.05, 0.1) is 7.11 Å². The van der Waals surface area contributed by atoms with Crippen LogP contribution in [-0.2, 0) is 24.5 Å². The average molecular weight is 529 g/mol. The van der Waals surface area contributed by atoms with Crippen LogP contribution in [0.25, 0.3) is 0 Å². The minimum Gasteiger partial charge on any atom is -0.466 e. The molecular weight excluding hydrogens is 510 g/mol. The van der Waals surface area contributed by atoms with Crippen molar-refractivity contribution in [1.82, 2.24) is 0 Å². The number of nitrogens with zero attached hydrogens (tertiary/aromatic N) is 1. The average Bonchev–Trinajstić information content (AvgIpc) is 3.05. The Labute approximate surface area is 203 Å². The third-order valence-corrected chi connectivity index (χ3v) is 7.06. The topological polar surface area (TPSA) is 102 Å². The molecule has 1 spiro atoms. The van der Waals surface area contributed by atoms with Crippen molar-refractivity contribution in [3.63, 3.8) is 0 Å². The maximum atomic E-state index is 13.7. The van der Waals surface area contributed by atoms with Crippen LogP contribution in [0.5, 0.6) is 0 Å². The minimum absolute atomic E-state index is 0.0283. The van der Waals surface area contributed by atoms with Crippen LogP contribution in [0.3, 0.4) is 0 Å². The highest BCUT2D eigenvalue weighted by atomic mass is 79.9. The zero-order chi connectivity index (χ0) is 23.5. The summed E-state index contributed by atoms with van der Waals surface area (Å²) >= 11 is 9.70. The van der Waals surface area contributed by atoms with Crippen molar-refractivity contribution in [3.8, 4) is 0 Å². The fourth-order valence-electron chi connectivity index (χ4n) is 5.09. The first-order valence-electron chi connectivity index (χ1n) is 10.3. The maximum absolute atomic E-state index is 13.7. The zero-order valence-electron chi connectivity index (χ0n) is 17.6. The molecule has 2 aromatic carbocycles. The molecule has 0 aromatic heterocycles. The fraction of sp³-hybridized carbons (Fsp3) is 0.208. The molecule has 2 aromatic rings. The second-order valence-corrected chi connectivity index (χ2v) is 9.41. The lowest BCUT2D eigenvalue weighted by molar-refractivity contribution is -0.138. The van der Waals surface area contributed by atoms with E-state index in [0.29, 0.717) is 45.0 Å². The van der Waals surface area contributed by atoms with Gasteiger partial charge in [-0.15, -0.1) is 0 Å². The number of esters is 1. The van der Waals surface area contributed by atoms with Crippen molar-refractivity contribution in [2.24, 2.45) is 5.73 Å². The summed E-state index contributed by atoms with van der Waals surface area (Å²) in [4.78, 5) is 42.2. The summed E-state index contributed by atoms with van der Waals surface area (Å²) in [5.41, 5.74) is 7.29. The van der Waals surface area contributed by atoms with Gasteiger partial charge in [0, 0.05) is 44.1 Å². The van der Waals surface area contributed by atoms with Gasteiger partial charge in [-0.25, -0.2) is 4.79 Å². The van der Waals surface area contributed by atoms with Gasteiger partial charge < -0.3 is 15.8 Å². The first kappa shape index (κ1) is 21.7. The Morgan fingerprint density at radius 1 is 1.21 bits per heavy atom. The zero-order valence-corrected chi connectivity index (χ0v) is 19.9. The summed E-state index contributed by atoms with van der Waals surface area (Å²) in [6, 6.07) is 12.2. The van der Waals surface area contributed by atoms with Crippen LogP contribution in [0.4, 0.5) is 11.4 Å². The number of hydrogen-bond acceptors (Lipinski definition) is 6. The molecule has 0 fully saturated rings. The van der Waals surface area contributed by atoms with E-state index in [0.717, 1.165) is 0 Å². The number of fused-ring (bicyclic) bond motifs is 3. The monoisotopic (exact) mass is 527 g/mol. The summed E-state index contributed by atoms with van der Waals surface area (Å²) in [5.74, 6) is -1.47. The van der Waals surface area contributed by atoms with Crippen molar-refractivity contribution >= 4 is 56.6 Å². The molecule has 1 unspecified atom stereocenters. The van der Waals surface area contributed by atoms with E-state index in [1.807, 2.05) is 0 Å². The molecule has 0 saturated heterocycles. The molecule has 9 heteroatoms. The van der Waals surface area contributed by atoms with E-state index in [1.54, 1.807) is 47.4 Å². The first-order valence-corrected chi connectivity index (χ1v) is 11.5. The van der Waals surface area contributed by atoms with Gasteiger partial charge in [0.1, 0.15) is 16.8 Å². The van der Waals surface area contributed by atoms with Gasteiger partial charge in [-0.05, 0) is 49.2 Å². The van der Waals surface area contributed by atoms with Gasteiger partial charge in [0.15, 0.2) is 5.78 Å². The molecule has 0 saturated carbocycles. The Bertz CT molecular complexity index is 1320. The first-order chi connectivity index (χ1) is 15.8. The number of ether oxygens (including phenoxy) is 1. The molecule has 1 atom stereocenters. The predicted octanol–water partition coefficient (Wildman–Crippen LogP) is 4.16. The smallest absolute Gasteiger partial charge is 0.339 e. The third-order valence-electron chi connectivity index (χ3n) is 6.33. The molecule has 7 nitrogen and oxygen atoms in total. The molecule has 1 amide bonds.